The van der Waals surface area contributed by atoms with Crippen LogP contribution in [0.4, 0.5) is 4.39 Å². The zero-order valence-electron chi connectivity index (χ0n) is 17.6. The number of hydrogen-bond donors (Lipinski definition) is 0. The van der Waals surface area contributed by atoms with Crippen LogP contribution in [0.15, 0.2) is 71.3 Å². The summed E-state index contributed by atoms with van der Waals surface area (Å²) >= 11 is 2.95. The maximum atomic E-state index is 13.4. The van der Waals surface area contributed by atoms with Gasteiger partial charge in [-0.05, 0) is 42.7 Å². The molecule has 2 aromatic carbocycles. The number of aromatic nitrogens is 2. The molecule has 166 valence electrons. The Balaban J connectivity index is 1.46. The van der Waals surface area contributed by atoms with Crippen molar-refractivity contribution in [1.29, 1.82) is 0 Å². The number of likely N-dealkylation sites (tertiary alicyclic amines) is 1. The second-order valence-corrected chi connectivity index (χ2v) is 9.83. The highest BCUT2D eigenvalue weighted by molar-refractivity contribution is 8.00. The largest absolute Gasteiger partial charge is 0.278 e. The lowest BCUT2D eigenvalue weighted by atomic mass is 10.1. The van der Waals surface area contributed by atoms with Gasteiger partial charge < -0.3 is 0 Å². The standard InChI is InChI=1S/C25H20FN3O2S2/c26-18-11-9-17(10-12-18)24(30)29-13-5-4-8-20(25(29)31)33-23-21-19(16-6-2-1-3-7-16)14-32-22(21)27-15-28-23/h1-3,6-7,9-12,14-15,20H,4-5,8,13H2/t20-/m0/s1. The van der Waals surface area contributed by atoms with Crippen molar-refractivity contribution in [3.63, 3.8) is 0 Å². The lowest BCUT2D eigenvalue weighted by Gasteiger charge is -2.22. The third kappa shape index (κ3) is 4.41. The number of nitrogens with zero attached hydrogens (tertiary/aromatic N) is 3. The highest BCUT2D eigenvalue weighted by atomic mass is 32.2. The molecule has 0 radical (unpaired) electrons. The van der Waals surface area contributed by atoms with Crippen molar-refractivity contribution >= 4 is 45.1 Å². The normalized spacial score (nSPS) is 16.7. The summed E-state index contributed by atoms with van der Waals surface area (Å²) in [6, 6.07) is 15.4. The van der Waals surface area contributed by atoms with Gasteiger partial charge in [0.25, 0.3) is 5.91 Å². The van der Waals surface area contributed by atoms with Crippen LogP contribution in [0.3, 0.4) is 0 Å². The number of hydrogen-bond acceptors (Lipinski definition) is 6. The highest BCUT2D eigenvalue weighted by Crippen LogP contribution is 2.40. The molecule has 8 heteroatoms. The van der Waals surface area contributed by atoms with E-state index in [9.17, 15) is 14.0 Å². The quantitative estimate of drug-likeness (QED) is 0.274. The maximum absolute atomic E-state index is 13.4. The van der Waals surface area contributed by atoms with Gasteiger partial charge in [0.2, 0.25) is 5.91 Å². The maximum Gasteiger partial charge on any atom is 0.260 e. The zero-order chi connectivity index (χ0) is 22.8. The van der Waals surface area contributed by atoms with Crippen molar-refractivity contribution in [3.8, 4) is 11.1 Å². The molecule has 4 aromatic rings. The Morgan fingerprint density at radius 2 is 1.85 bits per heavy atom. The van der Waals surface area contributed by atoms with E-state index in [0.717, 1.165) is 39.2 Å². The number of rotatable bonds is 4. The highest BCUT2D eigenvalue weighted by Gasteiger charge is 2.33. The molecule has 5 nitrogen and oxygen atoms in total. The third-order valence-corrected chi connectivity index (χ3v) is 7.79. The Bertz CT molecular complexity index is 1310. The topological polar surface area (TPSA) is 63.2 Å². The molecular weight excluding hydrogens is 457 g/mol. The van der Waals surface area contributed by atoms with Crippen molar-refractivity contribution in [2.24, 2.45) is 0 Å². The molecule has 2 aromatic heterocycles. The first kappa shape index (κ1) is 21.7. The molecule has 1 fully saturated rings. The van der Waals surface area contributed by atoms with Crippen LogP contribution >= 0.6 is 23.1 Å². The van der Waals surface area contributed by atoms with Crippen LogP contribution in [0.5, 0.6) is 0 Å². The molecule has 5 rings (SSSR count). The molecular formula is C25H20FN3O2S2. The number of thioether (sulfide) groups is 1. The lowest BCUT2D eigenvalue weighted by Crippen LogP contribution is -2.41. The summed E-state index contributed by atoms with van der Waals surface area (Å²) in [5.74, 6) is -1.03. The Morgan fingerprint density at radius 3 is 2.64 bits per heavy atom. The summed E-state index contributed by atoms with van der Waals surface area (Å²) in [5.41, 5.74) is 2.42. The Morgan fingerprint density at radius 1 is 1.06 bits per heavy atom. The van der Waals surface area contributed by atoms with Crippen molar-refractivity contribution in [1.82, 2.24) is 14.9 Å². The molecule has 1 atom stereocenters. The molecule has 0 spiro atoms. The fourth-order valence-corrected chi connectivity index (χ4v) is 6.16. The fraction of sp³-hybridized carbons (Fsp3) is 0.200. The smallest absolute Gasteiger partial charge is 0.260 e. The number of carbonyl (C=O) groups excluding carboxylic acids is 2. The van der Waals surface area contributed by atoms with Gasteiger partial charge in [-0.3, -0.25) is 14.5 Å². The van der Waals surface area contributed by atoms with E-state index in [-0.39, 0.29) is 11.8 Å². The molecule has 33 heavy (non-hydrogen) atoms. The Hall–Kier alpha value is -3.10. The molecule has 0 aliphatic carbocycles. The molecule has 0 N–H and O–H groups in total. The summed E-state index contributed by atoms with van der Waals surface area (Å²) < 4.78 is 13.3. The molecule has 1 saturated heterocycles. The molecule has 1 aliphatic rings. The van der Waals surface area contributed by atoms with E-state index in [1.165, 1.54) is 47.3 Å². The van der Waals surface area contributed by atoms with Crippen LogP contribution in [-0.2, 0) is 4.79 Å². The van der Waals surface area contributed by atoms with Gasteiger partial charge in [0, 0.05) is 23.1 Å². The van der Waals surface area contributed by atoms with Crippen LogP contribution in [0.1, 0.15) is 29.6 Å². The van der Waals surface area contributed by atoms with E-state index < -0.39 is 11.1 Å². The summed E-state index contributed by atoms with van der Waals surface area (Å²) in [4.78, 5) is 37.6. The van der Waals surface area contributed by atoms with Crippen LogP contribution in [0.25, 0.3) is 21.3 Å². The van der Waals surface area contributed by atoms with Crippen molar-refractivity contribution in [2.75, 3.05) is 6.54 Å². The van der Waals surface area contributed by atoms with E-state index in [1.807, 2.05) is 30.3 Å². The van der Waals surface area contributed by atoms with Gasteiger partial charge in [-0.2, -0.15) is 0 Å². The van der Waals surface area contributed by atoms with Gasteiger partial charge in [0.05, 0.1) is 10.6 Å². The van der Waals surface area contributed by atoms with Crippen LogP contribution in [0.2, 0.25) is 0 Å². The summed E-state index contributed by atoms with van der Waals surface area (Å²) in [5, 5.41) is 3.32. The number of halogens is 1. The van der Waals surface area contributed by atoms with E-state index in [4.69, 9.17) is 0 Å². The Labute approximate surface area is 198 Å². The molecule has 0 unspecified atom stereocenters. The molecule has 1 aliphatic heterocycles. The van der Waals surface area contributed by atoms with Crippen LogP contribution < -0.4 is 0 Å². The van der Waals surface area contributed by atoms with Crippen molar-refractivity contribution in [3.05, 3.63) is 77.7 Å². The lowest BCUT2D eigenvalue weighted by molar-refractivity contribution is -0.127. The number of fused-ring (bicyclic) bond motifs is 1. The minimum Gasteiger partial charge on any atom is -0.278 e. The number of carbonyl (C=O) groups is 2. The second-order valence-electron chi connectivity index (χ2n) is 7.78. The van der Waals surface area contributed by atoms with Gasteiger partial charge >= 0.3 is 0 Å². The van der Waals surface area contributed by atoms with E-state index in [0.29, 0.717) is 18.5 Å². The van der Waals surface area contributed by atoms with E-state index in [1.54, 1.807) is 11.3 Å². The zero-order valence-corrected chi connectivity index (χ0v) is 19.2. The van der Waals surface area contributed by atoms with Crippen molar-refractivity contribution < 1.29 is 14.0 Å². The van der Waals surface area contributed by atoms with Gasteiger partial charge in [0.15, 0.2) is 0 Å². The van der Waals surface area contributed by atoms with Gasteiger partial charge in [-0.25, -0.2) is 14.4 Å². The van der Waals surface area contributed by atoms with E-state index >= 15 is 0 Å². The summed E-state index contributed by atoms with van der Waals surface area (Å²) in [6.45, 7) is 0.360. The third-order valence-electron chi connectivity index (χ3n) is 5.65. The summed E-state index contributed by atoms with van der Waals surface area (Å²) in [6.07, 6.45) is 3.76. The predicted octanol–water partition coefficient (Wildman–Crippen LogP) is 5.81. The molecule has 3 heterocycles. The van der Waals surface area contributed by atoms with Gasteiger partial charge in [0.1, 0.15) is 22.0 Å². The summed E-state index contributed by atoms with van der Waals surface area (Å²) in [7, 11) is 0. The second kappa shape index (κ2) is 9.41. The van der Waals surface area contributed by atoms with Gasteiger partial charge in [-0.1, -0.05) is 48.5 Å². The minimum absolute atomic E-state index is 0.227. The average molecular weight is 478 g/mol. The van der Waals surface area contributed by atoms with Gasteiger partial charge in [-0.15, -0.1) is 11.3 Å². The first-order valence-corrected chi connectivity index (χ1v) is 12.4. The minimum atomic E-state index is -0.432. The number of imide groups is 1. The Kier molecular flexibility index (Phi) is 6.20. The van der Waals surface area contributed by atoms with Crippen LogP contribution in [-0.4, -0.2) is 38.5 Å². The predicted molar refractivity (Wildman–Crippen MR) is 129 cm³/mol. The average Bonchev–Trinajstić information content (AvgIpc) is 3.20. The first-order chi connectivity index (χ1) is 16.1. The first-order valence-electron chi connectivity index (χ1n) is 10.7. The molecule has 2 amide bonds. The van der Waals surface area contributed by atoms with E-state index in [2.05, 4.69) is 15.3 Å². The molecule has 0 bridgehead atoms. The SMILES string of the molecule is O=C(c1ccc(F)cc1)N1CCCC[C@H](Sc2ncnc3scc(-c4ccccc4)c23)C1=O. The number of benzene rings is 2. The van der Waals surface area contributed by atoms with Crippen molar-refractivity contribution in [2.45, 2.75) is 29.5 Å². The van der Waals surface area contributed by atoms with Crippen LogP contribution in [0, 0.1) is 5.82 Å². The number of thiophene rings is 1. The molecule has 0 saturated carbocycles. The number of amides is 2. The fourth-order valence-electron chi connectivity index (χ4n) is 3.97. The monoisotopic (exact) mass is 477 g/mol.